The predicted octanol–water partition coefficient (Wildman–Crippen LogP) is 6.86. The number of rotatable bonds is 17. The third-order valence-electron chi connectivity index (χ3n) is 8.74. The quantitative estimate of drug-likeness (QED) is 0.156. The number of nitrogens with zero attached hydrogens (tertiary/aromatic N) is 1. The van der Waals surface area contributed by atoms with Gasteiger partial charge in [-0.1, -0.05) is 41.4 Å². The van der Waals surface area contributed by atoms with Crippen molar-refractivity contribution in [2.24, 2.45) is 5.92 Å². The van der Waals surface area contributed by atoms with Gasteiger partial charge in [0.25, 0.3) is 0 Å². The molecule has 1 amide bonds. The highest BCUT2D eigenvalue weighted by Gasteiger charge is 2.40. The first-order valence-electron chi connectivity index (χ1n) is 16.4. The Morgan fingerprint density at radius 2 is 1.47 bits per heavy atom. The highest BCUT2D eigenvalue weighted by Crippen LogP contribution is 2.39. The molecule has 254 valence electrons. The average molecular weight is 686 g/mol. The van der Waals surface area contributed by atoms with Gasteiger partial charge in [0.05, 0.1) is 29.2 Å². The Morgan fingerprint density at radius 3 is 2.17 bits per heavy atom. The van der Waals surface area contributed by atoms with Crippen LogP contribution in [0.5, 0.6) is 17.2 Å². The molecule has 2 unspecified atom stereocenters. The Hall–Kier alpha value is -3.01. The molecule has 10 heteroatoms. The van der Waals surface area contributed by atoms with Gasteiger partial charge >= 0.3 is 0 Å². The van der Waals surface area contributed by atoms with E-state index in [0.717, 1.165) is 59.7 Å². The molecule has 0 aromatic heterocycles. The van der Waals surface area contributed by atoms with Crippen molar-refractivity contribution in [2.45, 2.75) is 51.1 Å². The van der Waals surface area contributed by atoms with Crippen molar-refractivity contribution in [3.63, 3.8) is 0 Å². The van der Waals surface area contributed by atoms with E-state index in [1.54, 1.807) is 14.2 Å². The predicted molar refractivity (Wildman–Crippen MR) is 185 cm³/mol. The number of aryl methyl sites for hydroxylation is 1. The van der Waals surface area contributed by atoms with Gasteiger partial charge in [-0.05, 0) is 104 Å². The number of ether oxygens (including phenoxy) is 5. The van der Waals surface area contributed by atoms with Crippen LogP contribution in [0.15, 0.2) is 54.6 Å². The monoisotopic (exact) mass is 684 g/mol. The van der Waals surface area contributed by atoms with E-state index in [4.69, 9.17) is 46.9 Å². The third-order valence-corrected chi connectivity index (χ3v) is 9.30. The number of benzene rings is 3. The summed E-state index contributed by atoms with van der Waals surface area (Å²) in [7, 11) is 3.35. The largest absolute Gasteiger partial charge is 0.491 e. The molecule has 0 bridgehead atoms. The lowest BCUT2D eigenvalue weighted by atomic mass is 9.79. The third kappa shape index (κ3) is 10.2. The van der Waals surface area contributed by atoms with Crippen LogP contribution in [0.4, 0.5) is 0 Å². The van der Waals surface area contributed by atoms with Crippen molar-refractivity contribution in [1.82, 2.24) is 10.2 Å². The maximum atomic E-state index is 13.9. The summed E-state index contributed by atoms with van der Waals surface area (Å²) >= 11 is 12.6. The second kappa shape index (κ2) is 17.4. The Morgan fingerprint density at radius 1 is 0.809 bits per heavy atom. The fourth-order valence-electron chi connectivity index (χ4n) is 6.19. The topological polar surface area (TPSA) is 78.5 Å². The molecule has 1 aliphatic heterocycles. The Balaban J connectivity index is 1.20. The van der Waals surface area contributed by atoms with Gasteiger partial charge in [0.15, 0.2) is 5.75 Å². The number of nitrogens with one attached hydrogen (secondary N) is 1. The summed E-state index contributed by atoms with van der Waals surface area (Å²) in [5.41, 5.74) is 4.24. The number of hydrogen-bond donors (Lipinski definition) is 1. The zero-order valence-corrected chi connectivity index (χ0v) is 29.1. The van der Waals surface area contributed by atoms with Crippen LogP contribution in [0.3, 0.4) is 0 Å². The van der Waals surface area contributed by atoms with Crippen molar-refractivity contribution >= 4 is 29.1 Å². The Labute approximate surface area is 288 Å². The summed E-state index contributed by atoms with van der Waals surface area (Å²) in [5, 5.41) is 4.23. The minimum absolute atomic E-state index is 0.0791. The highest BCUT2D eigenvalue weighted by atomic mass is 35.5. The van der Waals surface area contributed by atoms with Crippen LogP contribution in [-0.2, 0) is 27.2 Å². The van der Waals surface area contributed by atoms with Crippen LogP contribution in [0.2, 0.25) is 10.0 Å². The lowest BCUT2D eigenvalue weighted by molar-refractivity contribution is -0.127. The van der Waals surface area contributed by atoms with Gasteiger partial charge in [-0.3, -0.25) is 9.69 Å². The summed E-state index contributed by atoms with van der Waals surface area (Å²) in [6.07, 6.45) is 4.14. The minimum atomic E-state index is -0.150. The van der Waals surface area contributed by atoms with Crippen LogP contribution in [-0.4, -0.2) is 77.2 Å². The summed E-state index contributed by atoms with van der Waals surface area (Å²) in [6, 6.07) is 18.5. The molecular weight excluding hydrogens is 639 g/mol. The molecule has 0 spiro atoms. The van der Waals surface area contributed by atoms with Gasteiger partial charge in [0.2, 0.25) is 5.91 Å². The summed E-state index contributed by atoms with van der Waals surface area (Å²) < 4.78 is 28.1. The number of piperidine rings is 1. The molecule has 2 fully saturated rings. The summed E-state index contributed by atoms with van der Waals surface area (Å²) in [6.45, 7) is 6.37. The van der Waals surface area contributed by atoms with Crippen LogP contribution in [0.1, 0.15) is 47.4 Å². The number of halogens is 2. The van der Waals surface area contributed by atoms with Crippen molar-refractivity contribution in [2.75, 3.05) is 60.3 Å². The van der Waals surface area contributed by atoms with Crippen LogP contribution < -0.4 is 19.5 Å². The van der Waals surface area contributed by atoms with Gasteiger partial charge in [0, 0.05) is 33.4 Å². The number of likely N-dealkylation sites (tertiary alicyclic amines) is 1. The second-order valence-corrected chi connectivity index (χ2v) is 13.2. The van der Waals surface area contributed by atoms with Crippen LogP contribution >= 0.6 is 23.2 Å². The van der Waals surface area contributed by atoms with Crippen LogP contribution in [0, 0.1) is 12.8 Å². The van der Waals surface area contributed by atoms with Gasteiger partial charge in [-0.2, -0.15) is 0 Å². The van der Waals surface area contributed by atoms with E-state index < -0.39 is 0 Å². The SMILES string of the molecule is COCCOc1cc(CCOC)cc(CNC(=O)C2CN(C3CC3)CCC2c2ccc(OCCOc3c(Cl)cc(C)cc3Cl)cc2)c1. The first kappa shape index (κ1) is 35.3. The van der Waals surface area contributed by atoms with Crippen molar-refractivity contribution in [1.29, 1.82) is 0 Å². The average Bonchev–Trinajstić information content (AvgIpc) is 3.92. The maximum Gasteiger partial charge on any atom is 0.225 e. The van der Waals surface area contributed by atoms with Crippen molar-refractivity contribution in [3.8, 4) is 17.2 Å². The zero-order chi connectivity index (χ0) is 33.2. The fraction of sp³-hybridized carbons (Fsp3) is 0.486. The van der Waals surface area contributed by atoms with Gasteiger partial charge < -0.3 is 29.0 Å². The molecule has 5 rings (SSSR count). The van der Waals surface area contributed by atoms with E-state index in [9.17, 15) is 4.79 Å². The van der Waals surface area contributed by atoms with E-state index in [1.165, 1.54) is 12.8 Å². The molecule has 2 atom stereocenters. The number of carbonyl (C=O) groups is 1. The smallest absolute Gasteiger partial charge is 0.225 e. The van der Waals surface area contributed by atoms with E-state index >= 15 is 0 Å². The lowest BCUT2D eigenvalue weighted by Gasteiger charge is -2.38. The molecule has 8 nitrogen and oxygen atoms in total. The molecule has 1 heterocycles. The van der Waals surface area contributed by atoms with Gasteiger partial charge in [0.1, 0.15) is 31.3 Å². The van der Waals surface area contributed by atoms with Gasteiger partial charge in [-0.25, -0.2) is 0 Å². The Bertz CT molecular complexity index is 1440. The van der Waals surface area contributed by atoms with E-state index in [0.29, 0.717) is 61.4 Å². The van der Waals surface area contributed by atoms with E-state index in [-0.39, 0.29) is 17.7 Å². The number of hydrogen-bond acceptors (Lipinski definition) is 7. The number of carbonyl (C=O) groups excluding carboxylic acids is 1. The molecular formula is C37H46Cl2N2O6. The first-order valence-corrected chi connectivity index (χ1v) is 17.2. The molecule has 2 aliphatic rings. The maximum absolute atomic E-state index is 13.9. The molecule has 0 radical (unpaired) electrons. The first-order chi connectivity index (χ1) is 22.8. The number of amides is 1. The molecule has 3 aromatic carbocycles. The number of methoxy groups -OCH3 is 2. The summed E-state index contributed by atoms with van der Waals surface area (Å²) in [5.74, 6) is 2.03. The van der Waals surface area contributed by atoms with Gasteiger partial charge in [-0.15, -0.1) is 0 Å². The molecule has 1 N–H and O–H groups in total. The van der Waals surface area contributed by atoms with E-state index in [1.807, 2.05) is 43.3 Å². The minimum Gasteiger partial charge on any atom is -0.491 e. The molecule has 1 saturated carbocycles. The molecule has 1 aliphatic carbocycles. The zero-order valence-electron chi connectivity index (χ0n) is 27.6. The standard InChI is InChI=1S/C37H46Cl2N2O6/c1-25-18-34(38)36(35(39)19-25)47-17-16-45-30-8-4-28(5-9-30)32-10-12-41(29-6-7-29)24-33(32)37(42)40-23-27-20-26(11-13-43-2)21-31(22-27)46-15-14-44-3/h4-5,8-9,18-22,29,32-33H,6-7,10-17,23-24H2,1-3H3,(H,40,42). The van der Waals surface area contributed by atoms with Crippen molar-refractivity contribution < 1.29 is 28.5 Å². The molecule has 3 aromatic rings. The summed E-state index contributed by atoms with van der Waals surface area (Å²) in [4.78, 5) is 16.4. The molecule has 47 heavy (non-hydrogen) atoms. The van der Waals surface area contributed by atoms with Crippen molar-refractivity contribution in [3.05, 3.63) is 86.9 Å². The Kier molecular flexibility index (Phi) is 13.1. The van der Waals surface area contributed by atoms with Crippen LogP contribution in [0.25, 0.3) is 0 Å². The highest BCUT2D eigenvalue weighted by molar-refractivity contribution is 6.37. The van der Waals surface area contributed by atoms with E-state index in [2.05, 4.69) is 28.4 Å². The lowest BCUT2D eigenvalue weighted by Crippen LogP contribution is -2.47. The molecule has 1 saturated heterocycles. The normalized spacial score (nSPS) is 18.1. The second-order valence-electron chi connectivity index (χ2n) is 12.3. The fourth-order valence-corrected chi connectivity index (χ4v) is 6.90.